The van der Waals surface area contributed by atoms with Gasteiger partial charge in [0.2, 0.25) is 0 Å². The fourth-order valence-electron chi connectivity index (χ4n) is 3.03. The average molecular weight is 448 g/mol. The number of rotatable bonds is 10. The minimum absolute atomic E-state index is 0.160. The van der Waals surface area contributed by atoms with Crippen molar-refractivity contribution in [3.63, 3.8) is 0 Å². The van der Waals surface area contributed by atoms with Crippen LogP contribution in [0.1, 0.15) is 23.6 Å². The van der Waals surface area contributed by atoms with Crippen molar-refractivity contribution in [3.05, 3.63) is 93.2 Å². The lowest BCUT2D eigenvalue weighted by Crippen LogP contribution is -2.16. The second-order valence-electron chi connectivity index (χ2n) is 6.77. The molecule has 0 atom stereocenters. The van der Waals surface area contributed by atoms with Crippen molar-refractivity contribution in [1.82, 2.24) is 5.32 Å². The summed E-state index contributed by atoms with van der Waals surface area (Å²) >= 11 is 12.6. The molecule has 3 nitrogen and oxygen atoms in total. The second kappa shape index (κ2) is 11.2. The van der Waals surface area contributed by atoms with Gasteiger partial charge in [0.25, 0.3) is 0 Å². The fraction of sp³-hybridized carbons (Fsp3) is 0.250. The SMILES string of the molecule is CCOc1cc(CNCCc2ccccc2)cc(Cl)c1OCc1ccc(F)cc1Cl. The predicted molar refractivity (Wildman–Crippen MR) is 120 cm³/mol. The third-order valence-electron chi connectivity index (χ3n) is 4.52. The number of ether oxygens (including phenoxy) is 2. The molecule has 0 aliphatic heterocycles. The molecule has 3 aromatic carbocycles. The summed E-state index contributed by atoms with van der Waals surface area (Å²) < 4.78 is 24.9. The standard InChI is InChI=1S/C24H24Cl2FNO2/c1-2-29-23-13-18(15-28-11-10-17-6-4-3-5-7-17)12-22(26)24(23)30-16-19-8-9-20(27)14-21(19)25/h3-9,12-14,28H,2,10-11,15-16H2,1H3. The Morgan fingerprint density at radius 3 is 2.43 bits per heavy atom. The van der Waals surface area contributed by atoms with E-state index in [4.69, 9.17) is 32.7 Å². The molecule has 30 heavy (non-hydrogen) atoms. The quantitative estimate of drug-likeness (QED) is 0.362. The summed E-state index contributed by atoms with van der Waals surface area (Å²) in [4.78, 5) is 0. The first-order valence-corrected chi connectivity index (χ1v) is 10.6. The van der Waals surface area contributed by atoms with Crippen LogP contribution in [0.25, 0.3) is 0 Å². The third-order valence-corrected chi connectivity index (χ3v) is 5.15. The van der Waals surface area contributed by atoms with E-state index in [9.17, 15) is 4.39 Å². The summed E-state index contributed by atoms with van der Waals surface area (Å²) in [6.45, 7) is 4.06. The molecular weight excluding hydrogens is 424 g/mol. The van der Waals surface area contributed by atoms with E-state index >= 15 is 0 Å². The average Bonchev–Trinajstić information content (AvgIpc) is 2.73. The summed E-state index contributed by atoms with van der Waals surface area (Å²) in [5.41, 5.74) is 2.97. The lowest BCUT2D eigenvalue weighted by atomic mass is 10.1. The van der Waals surface area contributed by atoms with E-state index in [2.05, 4.69) is 17.4 Å². The van der Waals surface area contributed by atoms with E-state index < -0.39 is 0 Å². The first-order chi connectivity index (χ1) is 14.6. The van der Waals surface area contributed by atoms with Crippen LogP contribution in [0.4, 0.5) is 4.39 Å². The molecule has 158 valence electrons. The Morgan fingerprint density at radius 2 is 1.70 bits per heavy atom. The Balaban J connectivity index is 1.64. The topological polar surface area (TPSA) is 30.5 Å². The molecule has 1 N–H and O–H groups in total. The van der Waals surface area contributed by atoms with E-state index in [-0.39, 0.29) is 12.4 Å². The minimum Gasteiger partial charge on any atom is -0.490 e. The smallest absolute Gasteiger partial charge is 0.180 e. The second-order valence-corrected chi connectivity index (χ2v) is 7.59. The number of nitrogens with one attached hydrogen (secondary N) is 1. The van der Waals surface area contributed by atoms with Crippen molar-refractivity contribution in [2.24, 2.45) is 0 Å². The molecule has 0 aliphatic carbocycles. The van der Waals surface area contributed by atoms with Crippen LogP contribution in [-0.4, -0.2) is 13.2 Å². The number of benzene rings is 3. The van der Waals surface area contributed by atoms with Crippen LogP contribution in [-0.2, 0) is 19.6 Å². The molecule has 0 unspecified atom stereocenters. The van der Waals surface area contributed by atoms with Gasteiger partial charge >= 0.3 is 0 Å². The van der Waals surface area contributed by atoms with Crippen LogP contribution in [0.3, 0.4) is 0 Å². The molecule has 0 spiro atoms. The van der Waals surface area contributed by atoms with Gasteiger partial charge in [0.15, 0.2) is 11.5 Å². The van der Waals surface area contributed by atoms with E-state index in [0.717, 1.165) is 18.5 Å². The van der Waals surface area contributed by atoms with Crippen LogP contribution < -0.4 is 14.8 Å². The lowest BCUT2D eigenvalue weighted by Gasteiger charge is -2.16. The van der Waals surface area contributed by atoms with Gasteiger partial charge in [-0.25, -0.2) is 4.39 Å². The molecule has 6 heteroatoms. The Labute approximate surface area is 186 Å². The summed E-state index contributed by atoms with van der Waals surface area (Å²) in [5.74, 6) is 0.635. The van der Waals surface area contributed by atoms with Gasteiger partial charge in [-0.15, -0.1) is 0 Å². The molecule has 0 amide bonds. The third kappa shape index (κ3) is 6.36. The maximum Gasteiger partial charge on any atom is 0.180 e. The van der Waals surface area contributed by atoms with E-state index in [0.29, 0.717) is 40.3 Å². The van der Waals surface area contributed by atoms with Crippen molar-refractivity contribution >= 4 is 23.2 Å². The predicted octanol–water partition coefficient (Wildman–Crippen LogP) is 6.44. The van der Waals surface area contributed by atoms with Crippen LogP contribution in [0.2, 0.25) is 10.0 Å². The van der Waals surface area contributed by atoms with Crippen LogP contribution in [0.15, 0.2) is 60.7 Å². The normalized spacial score (nSPS) is 10.8. The monoisotopic (exact) mass is 447 g/mol. The fourth-order valence-corrected chi connectivity index (χ4v) is 3.53. The van der Waals surface area contributed by atoms with Gasteiger partial charge < -0.3 is 14.8 Å². The van der Waals surface area contributed by atoms with E-state index in [1.54, 1.807) is 6.07 Å². The highest BCUT2D eigenvalue weighted by atomic mass is 35.5. The van der Waals surface area contributed by atoms with Gasteiger partial charge in [-0.1, -0.05) is 59.6 Å². The van der Waals surface area contributed by atoms with Crippen molar-refractivity contribution in [2.45, 2.75) is 26.5 Å². The van der Waals surface area contributed by atoms with Crippen LogP contribution in [0, 0.1) is 5.82 Å². The highest BCUT2D eigenvalue weighted by Gasteiger charge is 2.14. The molecule has 0 saturated carbocycles. The Morgan fingerprint density at radius 1 is 0.900 bits per heavy atom. The summed E-state index contributed by atoms with van der Waals surface area (Å²) in [7, 11) is 0. The van der Waals surface area contributed by atoms with Gasteiger partial charge in [-0.3, -0.25) is 0 Å². The summed E-state index contributed by atoms with van der Waals surface area (Å²) in [6.07, 6.45) is 0.951. The van der Waals surface area contributed by atoms with Crippen molar-refractivity contribution in [3.8, 4) is 11.5 Å². The molecule has 3 aromatic rings. The summed E-state index contributed by atoms with van der Waals surface area (Å²) in [6, 6.07) is 18.3. The van der Waals surface area contributed by atoms with Gasteiger partial charge in [-0.2, -0.15) is 0 Å². The Bertz CT molecular complexity index is 967. The van der Waals surface area contributed by atoms with Crippen molar-refractivity contribution < 1.29 is 13.9 Å². The molecule has 0 aromatic heterocycles. The maximum atomic E-state index is 13.2. The Kier molecular flexibility index (Phi) is 8.38. The number of hydrogen-bond acceptors (Lipinski definition) is 3. The molecule has 0 aliphatic rings. The van der Waals surface area contributed by atoms with Crippen molar-refractivity contribution in [2.75, 3.05) is 13.2 Å². The van der Waals surface area contributed by atoms with Gasteiger partial charge in [-0.05, 0) is 55.3 Å². The van der Waals surface area contributed by atoms with Gasteiger partial charge in [0, 0.05) is 12.1 Å². The van der Waals surface area contributed by atoms with Crippen LogP contribution >= 0.6 is 23.2 Å². The molecule has 0 saturated heterocycles. The zero-order valence-corrected chi connectivity index (χ0v) is 18.3. The Hall–Kier alpha value is -2.27. The molecule has 0 heterocycles. The molecule has 0 radical (unpaired) electrons. The number of hydrogen-bond donors (Lipinski definition) is 1. The largest absolute Gasteiger partial charge is 0.490 e. The zero-order valence-electron chi connectivity index (χ0n) is 16.8. The van der Waals surface area contributed by atoms with Crippen LogP contribution in [0.5, 0.6) is 11.5 Å². The first-order valence-electron chi connectivity index (χ1n) is 9.83. The molecule has 0 bridgehead atoms. The summed E-state index contributed by atoms with van der Waals surface area (Å²) in [5, 5.41) is 4.19. The maximum absolute atomic E-state index is 13.2. The first kappa shape index (κ1) is 22.4. The van der Waals surface area contributed by atoms with E-state index in [1.165, 1.54) is 17.7 Å². The van der Waals surface area contributed by atoms with Gasteiger partial charge in [0.05, 0.1) is 16.7 Å². The lowest BCUT2D eigenvalue weighted by molar-refractivity contribution is 0.269. The van der Waals surface area contributed by atoms with Crippen molar-refractivity contribution in [1.29, 1.82) is 0 Å². The van der Waals surface area contributed by atoms with E-state index in [1.807, 2.05) is 37.3 Å². The molecule has 0 fully saturated rings. The molecule has 3 rings (SSSR count). The zero-order chi connectivity index (χ0) is 21.3. The minimum atomic E-state index is -0.388. The highest BCUT2D eigenvalue weighted by Crippen LogP contribution is 2.37. The number of halogens is 3. The molecular formula is C24H24Cl2FNO2. The highest BCUT2D eigenvalue weighted by molar-refractivity contribution is 6.32. The van der Waals surface area contributed by atoms with Gasteiger partial charge in [0.1, 0.15) is 12.4 Å².